The van der Waals surface area contributed by atoms with Crippen LogP contribution in [0.1, 0.15) is 50.5 Å². The van der Waals surface area contributed by atoms with Gasteiger partial charge in [0.25, 0.3) is 5.91 Å². The van der Waals surface area contributed by atoms with E-state index in [9.17, 15) is 24.0 Å². The van der Waals surface area contributed by atoms with Crippen LogP contribution in [0.2, 0.25) is 0 Å². The molecule has 1 aliphatic rings. The van der Waals surface area contributed by atoms with Gasteiger partial charge in [-0.3, -0.25) is 19.2 Å². The summed E-state index contributed by atoms with van der Waals surface area (Å²) in [5, 5.41) is 8.55. The molecule has 232 valence electrons. The number of benzene rings is 1. The molecule has 11 nitrogen and oxygen atoms in total. The lowest BCUT2D eigenvalue weighted by atomic mass is 9.90. The maximum absolute atomic E-state index is 13.0. The van der Waals surface area contributed by atoms with Gasteiger partial charge in [0.15, 0.2) is 12.4 Å². The van der Waals surface area contributed by atoms with Crippen LogP contribution in [0.4, 0.5) is 0 Å². The molecule has 3 rings (SSSR count). The minimum Gasteiger partial charge on any atom is -0.496 e. The van der Waals surface area contributed by atoms with Crippen LogP contribution >= 0.6 is 0 Å². The summed E-state index contributed by atoms with van der Waals surface area (Å²) in [4.78, 5) is 65.8. The van der Waals surface area contributed by atoms with Crippen molar-refractivity contribution < 1.29 is 33.4 Å². The molecule has 11 heteroatoms. The van der Waals surface area contributed by atoms with E-state index in [1.54, 1.807) is 24.3 Å². The molecule has 1 aromatic carbocycles. The number of ketones is 1. The first-order chi connectivity index (χ1) is 20.5. The standard InChI is InChI=1S/C28H32N4O7.C4H10/c1-4-8-17(5-2)28(37)39-16-23(33)21(13-18-9-7-12-29-26(18)35)32-25(34)15-30-27(36)22-14-19-20(31-22)10-6-11-24(19)38-3;1-4(2)3/h4-6,8,10-11,14,18,21,31H,1-2,7,9,12-13,15-16H2,3H3,(H,29,35)(H,30,36)(H,32,34);4H,1-3H3/b17-8+;/t18-,21-;/m0./s1. The molecular formula is C32H42N4O7. The number of carbonyl (C=O) groups excluding carboxylic acids is 5. The fourth-order valence-electron chi connectivity index (χ4n) is 4.21. The van der Waals surface area contributed by atoms with E-state index in [0.717, 1.165) is 12.3 Å². The molecular weight excluding hydrogens is 552 g/mol. The number of amides is 3. The summed E-state index contributed by atoms with van der Waals surface area (Å²) < 4.78 is 10.4. The van der Waals surface area contributed by atoms with E-state index in [0.29, 0.717) is 29.6 Å². The molecule has 2 aromatic rings. The van der Waals surface area contributed by atoms with Crippen molar-refractivity contribution in [3.8, 4) is 5.75 Å². The Kier molecular flexibility index (Phi) is 13.9. The second-order valence-corrected chi connectivity index (χ2v) is 10.6. The van der Waals surface area contributed by atoms with Gasteiger partial charge in [-0.25, -0.2) is 4.79 Å². The Balaban J connectivity index is 0.00000151. The summed E-state index contributed by atoms with van der Waals surface area (Å²) in [6, 6.07) is 5.84. The van der Waals surface area contributed by atoms with Gasteiger partial charge in [-0.15, -0.1) is 0 Å². The largest absolute Gasteiger partial charge is 0.496 e. The van der Waals surface area contributed by atoms with Crippen LogP contribution in [0.15, 0.2) is 61.2 Å². The molecule has 0 spiro atoms. The molecule has 43 heavy (non-hydrogen) atoms. The Hall–Kier alpha value is -4.67. The third-order valence-corrected chi connectivity index (χ3v) is 6.24. The zero-order chi connectivity index (χ0) is 31.9. The zero-order valence-corrected chi connectivity index (χ0v) is 25.3. The number of piperidine rings is 1. The summed E-state index contributed by atoms with van der Waals surface area (Å²) in [5.74, 6) is -1.82. The number of aromatic amines is 1. The molecule has 1 saturated heterocycles. The van der Waals surface area contributed by atoms with Gasteiger partial charge in [-0.2, -0.15) is 0 Å². The van der Waals surface area contributed by atoms with Crippen LogP contribution in [0, 0.1) is 11.8 Å². The number of carbonyl (C=O) groups is 5. The van der Waals surface area contributed by atoms with E-state index in [1.165, 1.54) is 25.3 Å². The van der Waals surface area contributed by atoms with Gasteiger partial charge in [-0.1, -0.05) is 52.1 Å². The number of nitrogens with one attached hydrogen (secondary N) is 4. The lowest BCUT2D eigenvalue weighted by Gasteiger charge is -2.26. The third kappa shape index (κ3) is 10.9. The molecule has 0 bridgehead atoms. The number of allylic oxidation sites excluding steroid dienone is 2. The first-order valence-corrected chi connectivity index (χ1v) is 14.2. The SMILES string of the molecule is C=C/C=C(\C=C)C(=O)OCC(=O)[C@H](C[C@@H]1CCCNC1=O)NC(=O)CNC(=O)c1cc2c(OC)cccc2[nH]1.CC(C)C. The van der Waals surface area contributed by atoms with Gasteiger partial charge in [-0.05, 0) is 49.5 Å². The van der Waals surface area contributed by atoms with Crippen molar-refractivity contribution in [1.29, 1.82) is 0 Å². The Morgan fingerprint density at radius 1 is 1.16 bits per heavy atom. The molecule has 0 radical (unpaired) electrons. The van der Waals surface area contributed by atoms with Crippen molar-refractivity contribution in [3.63, 3.8) is 0 Å². The van der Waals surface area contributed by atoms with E-state index in [4.69, 9.17) is 9.47 Å². The number of aromatic nitrogens is 1. The average molecular weight is 595 g/mol. The van der Waals surface area contributed by atoms with Crippen molar-refractivity contribution in [1.82, 2.24) is 20.9 Å². The Bertz CT molecular complexity index is 1360. The Labute approximate surface area is 252 Å². The minimum atomic E-state index is -1.11. The number of hydrogen-bond acceptors (Lipinski definition) is 7. The highest BCUT2D eigenvalue weighted by atomic mass is 16.5. The highest BCUT2D eigenvalue weighted by molar-refractivity contribution is 6.01. The zero-order valence-electron chi connectivity index (χ0n) is 25.3. The van der Waals surface area contributed by atoms with E-state index < -0.39 is 48.7 Å². The van der Waals surface area contributed by atoms with Gasteiger partial charge in [0.1, 0.15) is 11.4 Å². The third-order valence-electron chi connectivity index (χ3n) is 6.24. The topological polar surface area (TPSA) is 156 Å². The number of ether oxygens (including phenoxy) is 2. The molecule has 4 N–H and O–H groups in total. The predicted octanol–water partition coefficient (Wildman–Crippen LogP) is 3.38. The van der Waals surface area contributed by atoms with Crippen molar-refractivity contribution in [2.45, 2.75) is 46.1 Å². The van der Waals surface area contributed by atoms with Crippen molar-refractivity contribution in [2.75, 3.05) is 26.8 Å². The maximum atomic E-state index is 13.0. The van der Waals surface area contributed by atoms with E-state index in [1.807, 2.05) is 0 Å². The fraction of sp³-hybridized carbons (Fsp3) is 0.406. The Morgan fingerprint density at radius 2 is 1.88 bits per heavy atom. The van der Waals surface area contributed by atoms with Crippen molar-refractivity contribution >= 4 is 40.4 Å². The highest BCUT2D eigenvalue weighted by Crippen LogP contribution is 2.26. The van der Waals surface area contributed by atoms with Crippen LogP contribution in [0.25, 0.3) is 10.9 Å². The molecule has 1 fully saturated rings. The highest BCUT2D eigenvalue weighted by Gasteiger charge is 2.30. The second kappa shape index (κ2) is 17.3. The number of rotatable bonds is 13. The van der Waals surface area contributed by atoms with Crippen molar-refractivity contribution in [2.24, 2.45) is 11.8 Å². The monoisotopic (exact) mass is 594 g/mol. The molecule has 0 aliphatic carbocycles. The molecule has 2 atom stereocenters. The van der Waals surface area contributed by atoms with Gasteiger partial charge >= 0.3 is 5.97 Å². The number of methoxy groups -OCH3 is 1. The summed E-state index contributed by atoms with van der Waals surface area (Å²) in [5.41, 5.74) is 1.03. The first kappa shape index (κ1) is 34.5. The second-order valence-electron chi connectivity index (χ2n) is 10.6. The number of esters is 1. The first-order valence-electron chi connectivity index (χ1n) is 14.2. The smallest absolute Gasteiger partial charge is 0.338 e. The van der Waals surface area contributed by atoms with Gasteiger partial charge in [0.2, 0.25) is 11.8 Å². The summed E-state index contributed by atoms with van der Waals surface area (Å²) >= 11 is 0. The lowest BCUT2D eigenvalue weighted by Crippen LogP contribution is -2.49. The molecule has 2 heterocycles. The number of Topliss-reactive ketones (excluding diaryl/α,β-unsaturated/α-hetero) is 1. The number of hydrogen-bond donors (Lipinski definition) is 4. The molecule has 3 amide bonds. The van der Waals surface area contributed by atoms with Crippen LogP contribution in [-0.2, 0) is 23.9 Å². The van der Waals surface area contributed by atoms with Gasteiger partial charge < -0.3 is 30.4 Å². The van der Waals surface area contributed by atoms with Crippen LogP contribution in [0.5, 0.6) is 5.75 Å². The predicted molar refractivity (Wildman–Crippen MR) is 164 cm³/mol. The van der Waals surface area contributed by atoms with Gasteiger partial charge in [0, 0.05) is 23.4 Å². The normalized spacial score (nSPS) is 15.3. The minimum absolute atomic E-state index is 0.0283. The summed E-state index contributed by atoms with van der Waals surface area (Å²) in [6.45, 7) is 13.0. The van der Waals surface area contributed by atoms with Crippen LogP contribution < -0.4 is 20.7 Å². The van der Waals surface area contributed by atoms with Crippen LogP contribution in [-0.4, -0.2) is 67.3 Å². The lowest BCUT2D eigenvalue weighted by molar-refractivity contribution is -0.145. The fourth-order valence-corrected chi connectivity index (χ4v) is 4.21. The van der Waals surface area contributed by atoms with E-state index >= 15 is 0 Å². The maximum Gasteiger partial charge on any atom is 0.338 e. The quantitative estimate of drug-likeness (QED) is 0.157. The number of H-pyrrole nitrogens is 1. The van der Waals surface area contributed by atoms with Crippen molar-refractivity contribution in [3.05, 3.63) is 66.9 Å². The molecule has 0 saturated carbocycles. The van der Waals surface area contributed by atoms with E-state index in [2.05, 4.69) is 54.9 Å². The summed E-state index contributed by atoms with van der Waals surface area (Å²) in [7, 11) is 1.53. The number of fused-ring (bicyclic) bond motifs is 1. The Morgan fingerprint density at radius 3 is 2.51 bits per heavy atom. The van der Waals surface area contributed by atoms with Gasteiger partial charge in [0.05, 0.1) is 25.3 Å². The average Bonchev–Trinajstić information content (AvgIpc) is 3.42. The van der Waals surface area contributed by atoms with Crippen LogP contribution in [0.3, 0.4) is 0 Å². The molecule has 0 unspecified atom stereocenters. The molecule has 1 aliphatic heterocycles. The molecule has 1 aromatic heterocycles. The van der Waals surface area contributed by atoms with E-state index in [-0.39, 0.29) is 23.6 Å². The summed E-state index contributed by atoms with van der Waals surface area (Å²) in [6.07, 6.45) is 5.35.